The van der Waals surface area contributed by atoms with Crippen molar-refractivity contribution >= 4 is 29.3 Å². The van der Waals surface area contributed by atoms with E-state index in [0.717, 1.165) is 0 Å². The van der Waals surface area contributed by atoms with Crippen LogP contribution in [0.2, 0.25) is 0 Å². The Labute approximate surface area is 81.1 Å². The monoisotopic (exact) mass is 198 g/mol. The molecule has 3 N–H and O–H groups in total. The van der Waals surface area contributed by atoms with Crippen molar-refractivity contribution in [2.75, 3.05) is 0 Å². The molecule has 70 valence electrons. The zero-order valence-electron chi connectivity index (χ0n) is 6.99. The number of hydrogen-bond donors (Lipinski definition) is 2. The third kappa shape index (κ3) is 2.62. The van der Waals surface area contributed by atoms with Gasteiger partial charge in [0.25, 0.3) is 0 Å². The minimum absolute atomic E-state index is 0.0429. The largest absolute Gasteiger partial charge is 0.512 e. The van der Waals surface area contributed by atoms with Crippen molar-refractivity contribution in [3.63, 3.8) is 0 Å². The van der Waals surface area contributed by atoms with Crippen LogP contribution in [0.1, 0.15) is 19.3 Å². The predicted molar refractivity (Wildman–Crippen MR) is 53.8 cm³/mol. The summed E-state index contributed by atoms with van der Waals surface area (Å²) in [6.07, 6.45) is 2.89. The molecule has 1 aliphatic carbocycles. The number of Topliss-reactive ketones (excluding diaryl/α,β-unsaturated/α-hetero) is 1. The SMILES string of the molecule is NC(=S)/N=C/C1=C(O)CCCC1=O. The van der Waals surface area contributed by atoms with Gasteiger partial charge in [-0.05, 0) is 18.6 Å². The smallest absolute Gasteiger partial charge is 0.190 e. The van der Waals surface area contributed by atoms with Crippen LogP contribution in [0.5, 0.6) is 0 Å². The van der Waals surface area contributed by atoms with Crippen molar-refractivity contribution in [2.45, 2.75) is 19.3 Å². The van der Waals surface area contributed by atoms with E-state index in [-0.39, 0.29) is 22.2 Å². The molecule has 0 spiro atoms. The van der Waals surface area contributed by atoms with Crippen LogP contribution in [0.3, 0.4) is 0 Å². The number of thiocarbonyl (C=S) groups is 1. The lowest BCUT2D eigenvalue weighted by Gasteiger charge is -2.10. The van der Waals surface area contributed by atoms with Gasteiger partial charge in [0, 0.05) is 19.1 Å². The van der Waals surface area contributed by atoms with Gasteiger partial charge < -0.3 is 10.8 Å². The van der Waals surface area contributed by atoms with Crippen LogP contribution in [-0.4, -0.2) is 22.2 Å². The second kappa shape index (κ2) is 4.13. The summed E-state index contributed by atoms with van der Waals surface area (Å²) in [5.74, 6) is -0.0278. The molecular weight excluding hydrogens is 188 g/mol. The van der Waals surface area contributed by atoms with Gasteiger partial charge in [0.05, 0.1) is 5.57 Å². The Hall–Kier alpha value is -1.23. The lowest BCUT2D eigenvalue weighted by Crippen LogP contribution is -2.14. The van der Waals surface area contributed by atoms with Crippen LogP contribution in [0, 0.1) is 0 Å². The standard InChI is InChI=1S/C8H10N2O2S/c9-8(13)10-4-5-6(11)2-1-3-7(5)12/h4,11H,1-3H2,(H2,9,13)/b10-4+. The maximum absolute atomic E-state index is 11.2. The molecule has 0 heterocycles. The lowest BCUT2D eigenvalue weighted by atomic mass is 9.97. The Morgan fingerprint density at radius 1 is 1.62 bits per heavy atom. The molecule has 0 aliphatic heterocycles. The molecule has 0 unspecified atom stereocenters. The maximum atomic E-state index is 11.2. The first-order valence-electron chi connectivity index (χ1n) is 3.90. The van der Waals surface area contributed by atoms with E-state index >= 15 is 0 Å². The Morgan fingerprint density at radius 3 is 2.85 bits per heavy atom. The van der Waals surface area contributed by atoms with Crippen molar-refractivity contribution in [1.29, 1.82) is 0 Å². The van der Waals surface area contributed by atoms with Crippen molar-refractivity contribution in [1.82, 2.24) is 0 Å². The molecule has 0 aromatic rings. The number of carbonyl (C=O) groups is 1. The molecule has 4 nitrogen and oxygen atoms in total. The molecule has 0 radical (unpaired) electrons. The average molecular weight is 198 g/mol. The molecule has 0 saturated carbocycles. The highest BCUT2D eigenvalue weighted by Crippen LogP contribution is 2.18. The molecular formula is C8H10N2O2S. The summed E-state index contributed by atoms with van der Waals surface area (Å²) in [6, 6.07) is 0. The lowest BCUT2D eigenvalue weighted by molar-refractivity contribution is -0.115. The summed E-state index contributed by atoms with van der Waals surface area (Å²) in [4.78, 5) is 14.8. The number of rotatable bonds is 1. The molecule has 0 aromatic heterocycles. The Balaban J connectivity index is 2.86. The molecule has 0 fully saturated rings. The normalized spacial score (nSPS) is 18.3. The number of hydrogen-bond acceptors (Lipinski definition) is 3. The third-order valence-corrected chi connectivity index (χ3v) is 1.86. The number of nitrogens with two attached hydrogens (primary N) is 1. The Morgan fingerprint density at radius 2 is 2.31 bits per heavy atom. The first kappa shape index (κ1) is 9.85. The number of nitrogens with zero attached hydrogens (tertiary/aromatic N) is 1. The van der Waals surface area contributed by atoms with Gasteiger partial charge >= 0.3 is 0 Å². The fourth-order valence-corrected chi connectivity index (χ4v) is 1.17. The van der Waals surface area contributed by atoms with Gasteiger partial charge in [-0.1, -0.05) is 0 Å². The molecule has 0 bridgehead atoms. The van der Waals surface area contributed by atoms with Crippen molar-refractivity contribution < 1.29 is 9.90 Å². The predicted octanol–water partition coefficient (Wildman–Crippen LogP) is 0.866. The van der Waals surface area contributed by atoms with Crippen molar-refractivity contribution in [3.05, 3.63) is 11.3 Å². The highest BCUT2D eigenvalue weighted by Gasteiger charge is 2.18. The molecule has 13 heavy (non-hydrogen) atoms. The first-order valence-corrected chi connectivity index (χ1v) is 4.31. The Bertz CT molecular complexity index is 307. The topological polar surface area (TPSA) is 75.7 Å². The molecule has 1 aliphatic rings. The zero-order valence-corrected chi connectivity index (χ0v) is 7.80. The quantitative estimate of drug-likeness (QED) is 0.484. The van der Waals surface area contributed by atoms with E-state index in [2.05, 4.69) is 17.2 Å². The van der Waals surface area contributed by atoms with Gasteiger partial charge in [-0.25, -0.2) is 4.99 Å². The van der Waals surface area contributed by atoms with Gasteiger partial charge in [0.15, 0.2) is 10.9 Å². The van der Waals surface area contributed by atoms with E-state index in [1.807, 2.05) is 0 Å². The van der Waals surface area contributed by atoms with Crippen LogP contribution in [0.4, 0.5) is 0 Å². The number of aliphatic hydroxyl groups excluding tert-OH is 1. The number of aliphatic imine (C=N–C) groups is 1. The Kier molecular flexibility index (Phi) is 3.13. The summed E-state index contributed by atoms with van der Waals surface area (Å²) in [7, 11) is 0. The van der Waals surface area contributed by atoms with E-state index < -0.39 is 0 Å². The number of carbonyl (C=O) groups excluding carboxylic acids is 1. The molecule has 0 amide bonds. The van der Waals surface area contributed by atoms with Crippen LogP contribution < -0.4 is 5.73 Å². The highest BCUT2D eigenvalue weighted by molar-refractivity contribution is 7.80. The van der Waals surface area contributed by atoms with Gasteiger partial charge in [0.1, 0.15) is 5.76 Å². The van der Waals surface area contributed by atoms with Crippen LogP contribution in [-0.2, 0) is 4.79 Å². The summed E-state index contributed by atoms with van der Waals surface area (Å²) < 4.78 is 0. The molecule has 0 aromatic carbocycles. The average Bonchev–Trinajstić information content (AvgIpc) is 2.03. The van der Waals surface area contributed by atoms with Crippen molar-refractivity contribution in [2.24, 2.45) is 10.7 Å². The van der Waals surface area contributed by atoms with E-state index in [1.54, 1.807) is 0 Å². The third-order valence-electron chi connectivity index (χ3n) is 1.75. The fourth-order valence-electron chi connectivity index (χ4n) is 1.12. The molecule has 0 atom stereocenters. The van der Waals surface area contributed by atoms with Gasteiger partial charge in [-0.3, -0.25) is 4.79 Å². The van der Waals surface area contributed by atoms with Gasteiger partial charge in [0.2, 0.25) is 0 Å². The van der Waals surface area contributed by atoms with Gasteiger partial charge in [-0.15, -0.1) is 0 Å². The number of ketones is 1. The minimum Gasteiger partial charge on any atom is -0.512 e. The second-order valence-corrected chi connectivity index (χ2v) is 3.15. The minimum atomic E-state index is -0.108. The zero-order chi connectivity index (χ0) is 9.84. The highest BCUT2D eigenvalue weighted by atomic mass is 32.1. The summed E-state index contributed by atoms with van der Waals surface area (Å²) in [6.45, 7) is 0. The number of allylic oxidation sites excluding steroid dienone is 2. The molecule has 1 rings (SSSR count). The maximum Gasteiger partial charge on any atom is 0.190 e. The summed E-state index contributed by atoms with van der Waals surface area (Å²) >= 11 is 4.51. The van der Waals surface area contributed by atoms with Crippen LogP contribution >= 0.6 is 12.2 Å². The van der Waals surface area contributed by atoms with E-state index in [1.165, 1.54) is 6.21 Å². The summed E-state index contributed by atoms with van der Waals surface area (Å²) in [5.41, 5.74) is 5.35. The molecule has 0 saturated heterocycles. The van der Waals surface area contributed by atoms with E-state index in [4.69, 9.17) is 5.73 Å². The van der Waals surface area contributed by atoms with Crippen LogP contribution in [0.25, 0.3) is 0 Å². The van der Waals surface area contributed by atoms with E-state index in [0.29, 0.717) is 19.3 Å². The molecule has 5 heteroatoms. The fraction of sp³-hybridized carbons (Fsp3) is 0.375. The second-order valence-electron chi connectivity index (χ2n) is 2.73. The number of aliphatic hydroxyl groups is 1. The van der Waals surface area contributed by atoms with E-state index in [9.17, 15) is 9.90 Å². The van der Waals surface area contributed by atoms with Crippen molar-refractivity contribution in [3.8, 4) is 0 Å². The van der Waals surface area contributed by atoms with Gasteiger partial charge in [-0.2, -0.15) is 0 Å². The summed E-state index contributed by atoms with van der Waals surface area (Å²) in [5, 5.41) is 9.29. The first-order chi connectivity index (χ1) is 6.11. The van der Waals surface area contributed by atoms with Crippen LogP contribution in [0.15, 0.2) is 16.3 Å².